The maximum atomic E-state index is 13.4. The molecule has 0 aliphatic carbocycles. The second-order valence-corrected chi connectivity index (χ2v) is 9.35. The van der Waals surface area contributed by atoms with Crippen molar-refractivity contribution in [2.24, 2.45) is 0 Å². The highest BCUT2D eigenvalue weighted by atomic mass is 16.6. The average Bonchev–Trinajstić information content (AvgIpc) is 3.32. The first-order valence-electron chi connectivity index (χ1n) is 12.0. The SMILES string of the molecule is COC(=O)[C@@H]1C[C@@H](N(CC2CN(C(=O)O)CCN2C(=O)O)C(=O)Oc2ccc([N+](=O)[O-])cc2)CN1C(C)C. The van der Waals surface area contributed by atoms with E-state index in [1.807, 2.05) is 18.7 Å². The van der Waals surface area contributed by atoms with Gasteiger partial charge in [0.05, 0.1) is 18.1 Å². The Hall–Kier alpha value is -4.14. The third-order valence-electron chi connectivity index (χ3n) is 6.79. The molecule has 1 unspecified atom stereocenters. The van der Waals surface area contributed by atoms with Gasteiger partial charge in [0, 0.05) is 56.9 Å². The first-order valence-corrected chi connectivity index (χ1v) is 12.0. The summed E-state index contributed by atoms with van der Waals surface area (Å²) in [6.07, 6.45) is -3.15. The molecule has 208 valence electrons. The molecule has 0 spiro atoms. The number of piperazine rings is 1. The lowest BCUT2D eigenvalue weighted by Crippen LogP contribution is -2.61. The molecule has 3 amide bonds. The number of ether oxygens (including phenoxy) is 2. The maximum Gasteiger partial charge on any atom is 0.415 e. The number of methoxy groups -OCH3 is 1. The molecule has 3 rings (SSSR count). The molecule has 0 saturated carbocycles. The van der Waals surface area contributed by atoms with Crippen molar-refractivity contribution >= 4 is 29.9 Å². The molecule has 15 heteroatoms. The van der Waals surface area contributed by atoms with Gasteiger partial charge in [-0.15, -0.1) is 0 Å². The van der Waals surface area contributed by atoms with Crippen molar-refractivity contribution in [1.29, 1.82) is 0 Å². The number of nitro groups is 1. The number of rotatable bonds is 7. The molecule has 15 nitrogen and oxygen atoms in total. The van der Waals surface area contributed by atoms with Gasteiger partial charge in [0.15, 0.2) is 0 Å². The van der Waals surface area contributed by atoms with Crippen molar-refractivity contribution in [2.75, 3.05) is 39.8 Å². The van der Waals surface area contributed by atoms with Crippen LogP contribution in [0.4, 0.5) is 20.1 Å². The Morgan fingerprint density at radius 3 is 2.29 bits per heavy atom. The van der Waals surface area contributed by atoms with Crippen LogP contribution in [0.3, 0.4) is 0 Å². The standard InChI is InChI=1S/C23H31N5O10/c1-14(2)26-12-16(10-19(26)20(29)37-3)27(23(34)38-18-6-4-15(5-7-18)28(35)36)13-17-11-24(21(30)31)8-9-25(17)22(32)33/h4-7,14,16-17,19H,8-13H2,1-3H3,(H,30,31)(H,32,33)/t16-,17?,19+/m1/s1. The number of nitrogens with zero attached hydrogens (tertiary/aromatic N) is 5. The van der Waals surface area contributed by atoms with Crippen LogP contribution in [0.15, 0.2) is 24.3 Å². The number of amides is 3. The predicted octanol–water partition coefficient (Wildman–Crippen LogP) is 1.76. The number of carboxylic acid groups (broad SMARTS) is 2. The molecule has 1 aromatic rings. The lowest BCUT2D eigenvalue weighted by molar-refractivity contribution is -0.384. The zero-order chi connectivity index (χ0) is 28.1. The summed E-state index contributed by atoms with van der Waals surface area (Å²) in [5, 5.41) is 30.1. The van der Waals surface area contributed by atoms with Gasteiger partial charge >= 0.3 is 24.2 Å². The Morgan fingerprint density at radius 1 is 1.11 bits per heavy atom. The minimum atomic E-state index is -1.26. The van der Waals surface area contributed by atoms with Crippen LogP contribution in [0, 0.1) is 10.1 Å². The average molecular weight is 538 g/mol. The third-order valence-corrected chi connectivity index (χ3v) is 6.79. The van der Waals surface area contributed by atoms with Gasteiger partial charge in [-0.3, -0.25) is 19.8 Å². The van der Waals surface area contributed by atoms with Gasteiger partial charge in [0.2, 0.25) is 0 Å². The van der Waals surface area contributed by atoms with E-state index in [0.29, 0.717) is 0 Å². The summed E-state index contributed by atoms with van der Waals surface area (Å²) in [5.41, 5.74) is -0.195. The lowest BCUT2D eigenvalue weighted by atomic mass is 10.1. The van der Waals surface area contributed by atoms with E-state index in [-0.39, 0.29) is 56.6 Å². The first-order chi connectivity index (χ1) is 17.9. The molecule has 38 heavy (non-hydrogen) atoms. The lowest BCUT2D eigenvalue weighted by Gasteiger charge is -2.41. The Morgan fingerprint density at radius 2 is 1.76 bits per heavy atom. The fourth-order valence-electron chi connectivity index (χ4n) is 4.83. The zero-order valence-corrected chi connectivity index (χ0v) is 21.3. The number of nitro benzene ring substituents is 1. The second-order valence-electron chi connectivity index (χ2n) is 9.35. The van der Waals surface area contributed by atoms with E-state index >= 15 is 0 Å². The Balaban J connectivity index is 1.91. The molecule has 2 saturated heterocycles. The molecule has 3 atom stereocenters. The summed E-state index contributed by atoms with van der Waals surface area (Å²) in [6.45, 7) is 3.57. The van der Waals surface area contributed by atoms with Crippen molar-refractivity contribution < 1.29 is 43.8 Å². The molecule has 0 aromatic heterocycles. The molecule has 2 fully saturated rings. The van der Waals surface area contributed by atoms with Crippen LogP contribution < -0.4 is 4.74 Å². The van der Waals surface area contributed by atoms with Crippen molar-refractivity contribution in [1.82, 2.24) is 19.6 Å². The fraction of sp³-hybridized carbons (Fsp3) is 0.565. The topological polar surface area (TPSA) is 183 Å². The summed E-state index contributed by atoms with van der Waals surface area (Å²) < 4.78 is 10.4. The monoisotopic (exact) mass is 537 g/mol. The molecule has 2 aliphatic rings. The van der Waals surface area contributed by atoms with Gasteiger partial charge in [0.1, 0.15) is 11.8 Å². The zero-order valence-electron chi connectivity index (χ0n) is 21.3. The van der Waals surface area contributed by atoms with Crippen LogP contribution in [0.25, 0.3) is 0 Å². The highest BCUT2D eigenvalue weighted by molar-refractivity contribution is 5.77. The molecule has 2 N–H and O–H groups in total. The van der Waals surface area contributed by atoms with Crippen molar-refractivity contribution in [3.05, 3.63) is 34.4 Å². The summed E-state index contributed by atoms with van der Waals surface area (Å²) >= 11 is 0. The van der Waals surface area contributed by atoms with Crippen molar-refractivity contribution in [3.8, 4) is 5.75 Å². The Labute approximate surface area is 218 Å². The molecule has 2 heterocycles. The molecule has 2 aliphatic heterocycles. The molecular weight excluding hydrogens is 506 g/mol. The third kappa shape index (κ3) is 6.40. The summed E-state index contributed by atoms with van der Waals surface area (Å²) in [7, 11) is 1.27. The van der Waals surface area contributed by atoms with Gasteiger partial charge in [-0.25, -0.2) is 14.4 Å². The number of benzene rings is 1. The van der Waals surface area contributed by atoms with Crippen LogP contribution in [0.1, 0.15) is 20.3 Å². The van der Waals surface area contributed by atoms with Crippen molar-refractivity contribution in [2.45, 2.75) is 44.4 Å². The van der Waals surface area contributed by atoms with Gasteiger partial charge in [0.25, 0.3) is 5.69 Å². The normalized spacial score (nSPS) is 21.7. The van der Waals surface area contributed by atoms with Gasteiger partial charge in [-0.1, -0.05) is 0 Å². The minimum Gasteiger partial charge on any atom is -0.468 e. The number of hydrogen-bond donors (Lipinski definition) is 2. The Kier molecular flexibility index (Phi) is 8.93. The van der Waals surface area contributed by atoms with E-state index in [1.54, 1.807) is 0 Å². The van der Waals surface area contributed by atoms with Crippen LogP contribution in [-0.2, 0) is 9.53 Å². The number of carbonyl (C=O) groups is 4. The van der Waals surface area contributed by atoms with E-state index in [4.69, 9.17) is 9.47 Å². The number of hydrogen-bond acceptors (Lipinski definition) is 9. The van der Waals surface area contributed by atoms with E-state index in [2.05, 4.69) is 0 Å². The first kappa shape index (κ1) is 28.4. The van der Waals surface area contributed by atoms with Crippen LogP contribution >= 0.6 is 0 Å². The molecule has 1 aromatic carbocycles. The van der Waals surface area contributed by atoms with Gasteiger partial charge in [-0.2, -0.15) is 0 Å². The van der Waals surface area contributed by atoms with E-state index in [1.165, 1.54) is 36.3 Å². The van der Waals surface area contributed by atoms with Gasteiger partial charge in [-0.05, 0) is 32.4 Å². The summed E-state index contributed by atoms with van der Waals surface area (Å²) in [4.78, 5) is 65.1. The minimum absolute atomic E-state index is 0.0135. The van der Waals surface area contributed by atoms with Crippen LogP contribution in [0.2, 0.25) is 0 Å². The van der Waals surface area contributed by atoms with Crippen molar-refractivity contribution in [3.63, 3.8) is 0 Å². The fourth-order valence-corrected chi connectivity index (χ4v) is 4.83. The van der Waals surface area contributed by atoms with Crippen LogP contribution in [-0.4, -0.2) is 123 Å². The number of non-ortho nitro benzene ring substituents is 1. The summed E-state index contributed by atoms with van der Waals surface area (Å²) in [5.74, 6) is -0.452. The molecule has 0 radical (unpaired) electrons. The Bertz CT molecular complexity index is 1070. The van der Waals surface area contributed by atoms with E-state index in [0.717, 1.165) is 9.80 Å². The second kappa shape index (κ2) is 11.9. The molecule has 0 bridgehead atoms. The number of carbonyl (C=O) groups excluding carboxylic acids is 2. The maximum absolute atomic E-state index is 13.4. The highest BCUT2D eigenvalue weighted by Crippen LogP contribution is 2.28. The predicted molar refractivity (Wildman–Crippen MR) is 130 cm³/mol. The van der Waals surface area contributed by atoms with E-state index < -0.39 is 47.3 Å². The van der Waals surface area contributed by atoms with Crippen LogP contribution in [0.5, 0.6) is 5.75 Å². The summed E-state index contributed by atoms with van der Waals surface area (Å²) in [6, 6.07) is 2.65. The number of esters is 1. The van der Waals surface area contributed by atoms with E-state index in [9.17, 15) is 39.5 Å². The molecular formula is C23H31N5O10. The number of likely N-dealkylation sites (tertiary alicyclic amines) is 1. The quantitative estimate of drug-likeness (QED) is 0.293. The largest absolute Gasteiger partial charge is 0.468 e. The smallest absolute Gasteiger partial charge is 0.415 e. The highest BCUT2D eigenvalue weighted by Gasteiger charge is 2.45. The van der Waals surface area contributed by atoms with Gasteiger partial charge < -0.3 is 34.4 Å².